The number of ether oxygens (including phenoxy) is 2. The summed E-state index contributed by atoms with van der Waals surface area (Å²) in [5.41, 5.74) is 0.277. The van der Waals surface area contributed by atoms with Crippen LogP contribution in [0.5, 0.6) is 0 Å². The highest BCUT2D eigenvalue weighted by molar-refractivity contribution is 6.84. The van der Waals surface area contributed by atoms with Crippen molar-refractivity contribution in [2.75, 3.05) is 13.0 Å². The van der Waals surface area contributed by atoms with Gasteiger partial charge in [-0.05, 0) is 39.2 Å². The van der Waals surface area contributed by atoms with Gasteiger partial charge in [-0.25, -0.2) is 9.59 Å². The molecule has 0 aliphatic carbocycles. The predicted octanol–water partition coefficient (Wildman–Crippen LogP) is 2.78. The fraction of sp³-hybridized carbons (Fsp3) is 0.692. The summed E-state index contributed by atoms with van der Waals surface area (Å²) in [6.07, 6.45) is -0.353. The second kappa shape index (κ2) is 8.35. The molecule has 0 fully saturated rings. The van der Waals surface area contributed by atoms with E-state index >= 15 is 0 Å². The molecular weight excluding hydrogens is 306 g/mol. The Morgan fingerprint density at radius 2 is 1.67 bits per heavy atom. The second-order valence-corrected chi connectivity index (χ2v) is 14.9. The molecule has 0 aromatic carbocycles. The van der Waals surface area contributed by atoms with E-state index in [0.29, 0.717) is 0 Å². The van der Waals surface area contributed by atoms with Crippen molar-refractivity contribution < 1.29 is 23.2 Å². The minimum absolute atomic E-state index is 0.234. The van der Waals surface area contributed by atoms with Crippen molar-refractivity contribution in [3.8, 4) is 0 Å². The largest absolute Gasteiger partial charge is 0.453 e. The highest BCUT2D eigenvalue weighted by Gasteiger charge is 2.33. The number of hydrogen-bond donors (Lipinski definition) is 1. The highest BCUT2D eigenvalue weighted by atomic mass is 28.4. The molecule has 0 aromatic rings. The van der Waals surface area contributed by atoms with E-state index in [1.807, 2.05) is 13.1 Å². The van der Waals surface area contributed by atoms with Crippen LogP contribution >= 0.6 is 0 Å². The second-order valence-electron chi connectivity index (χ2n) is 6.08. The van der Waals surface area contributed by atoms with Crippen LogP contribution in [0.2, 0.25) is 32.2 Å². The molecule has 0 rings (SSSR count). The summed E-state index contributed by atoms with van der Waals surface area (Å²) in [6, 6.07) is 1.02. The number of hydrogen-bond acceptors (Lipinski definition) is 5. The molecule has 21 heavy (non-hydrogen) atoms. The van der Waals surface area contributed by atoms with E-state index in [4.69, 9.17) is 13.6 Å². The molecule has 0 saturated heterocycles. The summed E-state index contributed by atoms with van der Waals surface area (Å²) in [5, 5.41) is 2.35. The van der Waals surface area contributed by atoms with E-state index in [1.165, 1.54) is 6.92 Å². The first-order chi connectivity index (χ1) is 9.49. The molecule has 0 aliphatic rings. The molecule has 0 heterocycles. The van der Waals surface area contributed by atoms with Crippen LogP contribution < -0.4 is 5.32 Å². The Balaban J connectivity index is 4.07. The highest BCUT2D eigenvalue weighted by Crippen LogP contribution is 2.18. The van der Waals surface area contributed by atoms with Gasteiger partial charge < -0.3 is 13.6 Å². The average molecular weight is 334 g/mol. The minimum Gasteiger partial charge on any atom is -0.453 e. The minimum atomic E-state index is -2.04. The lowest BCUT2D eigenvalue weighted by molar-refractivity contribution is -0.139. The van der Waals surface area contributed by atoms with Gasteiger partial charge in [0.25, 0.3) is 0 Å². The van der Waals surface area contributed by atoms with Gasteiger partial charge in [0.15, 0.2) is 15.0 Å². The van der Waals surface area contributed by atoms with Crippen LogP contribution in [0.1, 0.15) is 13.8 Å². The molecule has 1 amide bonds. The maximum atomic E-state index is 11.5. The van der Waals surface area contributed by atoms with Gasteiger partial charge in [-0.15, -0.1) is 0 Å². The maximum absolute atomic E-state index is 11.5. The van der Waals surface area contributed by atoms with Crippen LogP contribution in [-0.2, 0) is 18.4 Å². The van der Waals surface area contributed by atoms with E-state index < -0.39 is 28.7 Å². The summed E-state index contributed by atoms with van der Waals surface area (Å²) in [4.78, 5) is 22.6. The number of amides is 1. The molecule has 0 bridgehead atoms. The summed E-state index contributed by atoms with van der Waals surface area (Å²) in [6.45, 7) is 15.2. The molecule has 0 unspecified atom stereocenters. The summed E-state index contributed by atoms with van der Waals surface area (Å²) in [7, 11) is -3.71. The van der Waals surface area contributed by atoms with Gasteiger partial charge in [0.1, 0.15) is 6.23 Å². The van der Waals surface area contributed by atoms with Crippen LogP contribution in [-0.4, -0.2) is 41.7 Å². The number of alkyl carbamates (subject to hydrolysis) is 1. The van der Waals surface area contributed by atoms with E-state index in [0.717, 1.165) is 6.04 Å². The monoisotopic (exact) mass is 333 g/mol. The van der Waals surface area contributed by atoms with E-state index in [-0.39, 0.29) is 18.5 Å². The Bertz CT molecular complexity index is 396. The van der Waals surface area contributed by atoms with Crippen molar-refractivity contribution in [2.45, 2.75) is 46.1 Å². The number of esters is 1. The zero-order valence-corrected chi connectivity index (χ0v) is 15.9. The number of carbonyl (C=O) groups is 2. The predicted molar refractivity (Wildman–Crippen MR) is 86.8 cm³/mol. The standard InChI is InChI=1S/C13H27NO5Si2/c1-8-20(4,5)19-21(6,7)10-18-13(16)14-9-17-12(15)11(2)3/h2,8-10H2,1,3-7H3,(H,14,16). The molecule has 6 nitrogen and oxygen atoms in total. The Morgan fingerprint density at radius 3 is 2.14 bits per heavy atom. The van der Waals surface area contributed by atoms with Crippen molar-refractivity contribution in [1.29, 1.82) is 0 Å². The normalized spacial score (nSPS) is 11.7. The van der Waals surface area contributed by atoms with E-state index in [2.05, 4.69) is 31.9 Å². The first kappa shape index (κ1) is 19.9. The Kier molecular flexibility index (Phi) is 7.90. The van der Waals surface area contributed by atoms with Gasteiger partial charge in [0.05, 0.1) is 0 Å². The van der Waals surface area contributed by atoms with Gasteiger partial charge in [0.2, 0.25) is 8.32 Å². The Labute approximate surface area is 129 Å². The van der Waals surface area contributed by atoms with Gasteiger partial charge in [-0.2, -0.15) is 0 Å². The quantitative estimate of drug-likeness (QED) is 0.320. The SMILES string of the molecule is C=C(C)C(=O)OCNC(=O)OC[Si](C)(C)O[Si](C)(C)CC. The van der Waals surface area contributed by atoms with E-state index in [9.17, 15) is 9.59 Å². The van der Waals surface area contributed by atoms with Crippen molar-refractivity contribution in [1.82, 2.24) is 5.32 Å². The van der Waals surface area contributed by atoms with Gasteiger partial charge >= 0.3 is 12.1 Å². The molecular formula is C13H27NO5Si2. The van der Waals surface area contributed by atoms with E-state index in [1.54, 1.807) is 0 Å². The fourth-order valence-corrected chi connectivity index (χ4v) is 8.70. The summed E-state index contributed by atoms with van der Waals surface area (Å²) < 4.78 is 16.1. The zero-order valence-electron chi connectivity index (χ0n) is 13.9. The number of nitrogens with one attached hydrogen (secondary N) is 1. The van der Waals surface area contributed by atoms with Crippen LogP contribution in [0.25, 0.3) is 0 Å². The molecule has 1 N–H and O–H groups in total. The Hall–Kier alpha value is -1.13. The molecule has 8 heteroatoms. The van der Waals surface area contributed by atoms with Gasteiger partial charge in [-0.1, -0.05) is 13.5 Å². The smallest absolute Gasteiger partial charge is 0.409 e. The van der Waals surface area contributed by atoms with Crippen molar-refractivity contribution in [3.05, 3.63) is 12.2 Å². The first-order valence-electron chi connectivity index (χ1n) is 6.92. The lowest BCUT2D eigenvalue weighted by Crippen LogP contribution is -2.48. The average Bonchev–Trinajstić information content (AvgIpc) is 2.35. The number of rotatable bonds is 8. The van der Waals surface area contributed by atoms with Crippen LogP contribution in [0.15, 0.2) is 12.2 Å². The fourth-order valence-electron chi connectivity index (χ4n) is 1.42. The van der Waals surface area contributed by atoms with Crippen molar-refractivity contribution in [3.63, 3.8) is 0 Å². The van der Waals surface area contributed by atoms with Crippen molar-refractivity contribution in [2.24, 2.45) is 0 Å². The molecule has 0 aromatic heterocycles. The van der Waals surface area contributed by atoms with Gasteiger partial charge in [-0.3, -0.25) is 5.32 Å². The third-order valence-electron chi connectivity index (χ3n) is 2.72. The lowest BCUT2D eigenvalue weighted by atomic mass is 10.4. The molecule has 0 radical (unpaired) electrons. The first-order valence-corrected chi connectivity index (χ1v) is 13.2. The topological polar surface area (TPSA) is 73.9 Å². The molecule has 122 valence electrons. The lowest BCUT2D eigenvalue weighted by Gasteiger charge is -2.32. The zero-order chi connectivity index (χ0) is 16.7. The van der Waals surface area contributed by atoms with Gasteiger partial charge in [0, 0.05) is 5.57 Å². The van der Waals surface area contributed by atoms with Crippen molar-refractivity contribution >= 4 is 28.7 Å². The van der Waals surface area contributed by atoms with Crippen LogP contribution in [0.4, 0.5) is 4.79 Å². The molecule has 0 spiro atoms. The number of carbonyl (C=O) groups excluding carboxylic acids is 2. The molecule has 0 saturated carbocycles. The third kappa shape index (κ3) is 9.43. The summed E-state index contributed by atoms with van der Waals surface area (Å²) >= 11 is 0. The Morgan fingerprint density at radius 1 is 1.10 bits per heavy atom. The summed E-state index contributed by atoms with van der Waals surface area (Å²) in [5.74, 6) is -0.552. The molecule has 0 atom stereocenters. The van der Waals surface area contributed by atoms with Crippen LogP contribution in [0.3, 0.4) is 0 Å². The molecule has 0 aliphatic heterocycles. The third-order valence-corrected chi connectivity index (χ3v) is 9.69. The maximum Gasteiger partial charge on any atom is 0.409 e. The van der Waals surface area contributed by atoms with Crippen LogP contribution in [0, 0.1) is 0 Å².